The van der Waals surface area contributed by atoms with E-state index in [4.69, 9.17) is 9.47 Å². The zero-order valence-electron chi connectivity index (χ0n) is 17.5. The van der Waals surface area contributed by atoms with E-state index >= 15 is 0 Å². The first-order valence-electron chi connectivity index (χ1n) is 10.2. The third-order valence-corrected chi connectivity index (χ3v) is 5.14. The molecule has 0 unspecified atom stereocenters. The first kappa shape index (κ1) is 21.7. The van der Waals surface area contributed by atoms with E-state index in [1.165, 1.54) is 10.9 Å². The third-order valence-electron chi connectivity index (χ3n) is 5.14. The van der Waals surface area contributed by atoms with Gasteiger partial charge in [-0.15, -0.1) is 0 Å². The molecule has 0 bridgehead atoms. The lowest BCUT2D eigenvalue weighted by Gasteiger charge is -2.16. The molecule has 11 nitrogen and oxygen atoms in total. The summed E-state index contributed by atoms with van der Waals surface area (Å²) in [4.78, 5) is 47.7. The Morgan fingerprint density at radius 3 is 2.78 bits per heavy atom. The van der Waals surface area contributed by atoms with Crippen LogP contribution in [0.25, 0.3) is 11.2 Å². The number of aliphatic hydroxyl groups is 1. The Morgan fingerprint density at radius 1 is 1.34 bits per heavy atom. The van der Waals surface area contributed by atoms with E-state index in [1.807, 2.05) is 0 Å². The molecule has 0 aliphatic carbocycles. The zero-order valence-corrected chi connectivity index (χ0v) is 17.5. The molecule has 0 spiro atoms. The predicted octanol–water partition coefficient (Wildman–Crippen LogP) is 1.22. The summed E-state index contributed by atoms with van der Waals surface area (Å²) in [7, 11) is 0. The van der Waals surface area contributed by atoms with Crippen LogP contribution in [-0.2, 0) is 14.3 Å². The quantitative estimate of drug-likeness (QED) is 0.484. The number of aromatic nitrogens is 4. The average Bonchev–Trinajstić information content (AvgIpc) is 3.38. The number of amides is 1. The molecule has 1 aliphatic rings. The van der Waals surface area contributed by atoms with Crippen LogP contribution in [0.15, 0.2) is 41.5 Å². The minimum Gasteiger partial charge on any atom is -0.456 e. The van der Waals surface area contributed by atoms with E-state index in [0.717, 1.165) is 0 Å². The molecule has 3 heterocycles. The molecule has 32 heavy (non-hydrogen) atoms. The number of H-pyrrole nitrogens is 1. The number of carbonyl (C=O) groups excluding carboxylic acids is 2. The maximum Gasteiger partial charge on any atom is 0.338 e. The van der Waals surface area contributed by atoms with Gasteiger partial charge in [0.2, 0.25) is 11.9 Å². The molecule has 2 aromatic heterocycles. The van der Waals surface area contributed by atoms with Crippen molar-refractivity contribution in [1.82, 2.24) is 19.5 Å². The number of benzene rings is 1. The molecule has 4 rings (SSSR count). The Morgan fingerprint density at radius 2 is 2.09 bits per heavy atom. The van der Waals surface area contributed by atoms with E-state index in [1.54, 1.807) is 44.2 Å². The molecule has 1 aromatic carbocycles. The highest BCUT2D eigenvalue weighted by Crippen LogP contribution is 2.32. The molecule has 11 heteroatoms. The van der Waals surface area contributed by atoms with Gasteiger partial charge in [0.05, 0.1) is 18.5 Å². The summed E-state index contributed by atoms with van der Waals surface area (Å²) in [5.41, 5.74) is 0.141. The fourth-order valence-corrected chi connectivity index (χ4v) is 3.40. The highest BCUT2D eigenvalue weighted by Gasteiger charge is 2.39. The van der Waals surface area contributed by atoms with Crippen molar-refractivity contribution in [3.63, 3.8) is 0 Å². The third kappa shape index (κ3) is 4.25. The zero-order chi connectivity index (χ0) is 22.8. The number of hydrogen-bond donors (Lipinski definition) is 3. The topological polar surface area (TPSA) is 148 Å². The van der Waals surface area contributed by atoms with Gasteiger partial charge in [-0.3, -0.25) is 24.5 Å². The number of hydrogen-bond acceptors (Lipinski definition) is 8. The Hall–Kier alpha value is -3.57. The van der Waals surface area contributed by atoms with Crippen LogP contribution in [0.2, 0.25) is 0 Å². The fraction of sp³-hybridized carbons (Fsp3) is 0.381. The summed E-state index contributed by atoms with van der Waals surface area (Å²) >= 11 is 0. The van der Waals surface area contributed by atoms with Crippen molar-refractivity contribution in [2.75, 3.05) is 11.9 Å². The van der Waals surface area contributed by atoms with Crippen molar-refractivity contribution >= 4 is 29.0 Å². The lowest BCUT2D eigenvalue weighted by atomic mass is 10.1. The number of carbonyl (C=O) groups is 2. The number of nitrogens with zero attached hydrogens (tertiary/aromatic N) is 3. The van der Waals surface area contributed by atoms with Crippen molar-refractivity contribution in [2.45, 2.75) is 38.7 Å². The Labute approximate surface area is 182 Å². The highest BCUT2D eigenvalue weighted by molar-refractivity contribution is 5.91. The number of esters is 1. The van der Waals surface area contributed by atoms with Gasteiger partial charge in [-0.1, -0.05) is 32.0 Å². The smallest absolute Gasteiger partial charge is 0.338 e. The van der Waals surface area contributed by atoms with Crippen LogP contribution in [-0.4, -0.2) is 55.3 Å². The number of anilines is 1. The van der Waals surface area contributed by atoms with Crippen molar-refractivity contribution < 1.29 is 24.2 Å². The van der Waals surface area contributed by atoms with Gasteiger partial charge in [0.25, 0.3) is 5.56 Å². The van der Waals surface area contributed by atoms with Crippen LogP contribution in [0.1, 0.15) is 36.9 Å². The Balaban J connectivity index is 1.58. The predicted molar refractivity (Wildman–Crippen MR) is 113 cm³/mol. The summed E-state index contributed by atoms with van der Waals surface area (Å²) in [5.74, 6) is -1.14. The number of ether oxygens (including phenoxy) is 2. The molecule has 1 amide bonds. The number of aromatic amines is 1. The minimum atomic E-state index is -0.757. The first-order valence-corrected chi connectivity index (χ1v) is 10.2. The van der Waals surface area contributed by atoms with Crippen molar-refractivity contribution in [3.05, 3.63) is 52.6 Å². The average molecular weight is 441 g/mol. The fourth-order valence-electron chi connectivity index (χ4n) is 3.40. The molecular formula is C21H23N5O6. The molecule has 0 radical (unpaired) electrons. The standard InChI is InChI=1S/C21H23N5O6/c1-11(2)18(28)24-21-23-17-16(19(29)25-21)22-10-26(17)15-8-13(14(9-27)31-15)32-20(30)12-6-4-3-5-7-12/h3-7,10-11,13-15,27H,8-9H2,1-2H3,(H2,23,24,25,28,29)/t13-,14+,15+/m1/s1. The second kappa shape index (κ2) is 8.89. The summed E-state index contributed by atoms with van der Waals surface area (Å²) in [6.45, 7) is 3.07. The molecule has 0 saturated carbocycles. The van der Waals surface area contributed by atoms with Gasteiger partial charge in [-0.25, -0.2) is 9.78 Å². The highest BCUT2D eigenvalue weighted by atomic mass is 16.6. The van der Waals surface area contributed by atoms with Crippen LogP contribution in [0, 0.1) is 5.92 Å². The van der Waals surface area contributed by atoms with Gasteiger partial charge < -0.3 is 14.6 Å². The monoisotopic (exact) mass is 441 g/mol. The van der Waals surface area contributed by atoms with Gasteiger partial charge in [0.1, 0.15) is 18.4 Å². The Kier molecular flexibility index (Phi) is 6.01. The number of rotatable bonds is 6. The number of fused-ring (bicyclic) bond motifs is 1. The lowest BCUT2D eigenvalue weighted by Crippen LogP contribution is -2.30. The van der Waals surface area contributed by atoms with Crippen LogP contribution in [0.5, 0.6) is 0 Å². The van der Waals surface area contributed by atoms with Crippen molar-refractivity contribution in [2.24, 2.45) is 5.92 Å². The van der Waals surface area contributed by atoms with Gasteiger partial charge in [0, 0.05) is 12.3 Å². The molecule has 1 aliphatic heterocycles. The Bertz CT molecular complexity index is 1190. The normalized spacial score (nSPS) is 20.6. The molecule has 1 saturated heterocycles. The summed E-state index contributed by atoms with van der Waals surface area (Å²) in [5, 5.41) is 12.3. The summed E-state index contributed by atoms with van der Waals surface area (Å²) < 4.78 is 13.0. The second-order valence-electron chi connectivity index (χ2n) is 7.74. The van der Waals surface area contributed by atoms with Gasteiger partial charge in [0.15, 0.2) is 11.2 Å². The SMILES string of the molecule is CC(C)C(=O)Nc1nc2c(ncn2[C@@H]2C[C@@H](OC(=O)c3ccccc3)[C@H](CO)O2)c(=O)[nH]1. The van der Waals surface area contributed by atoms with E-state index in [2.05, 4.69) is 20.3 Å². The minimum absolute atomic E-state index is 0.00768. The molecule has 3 atom stereocenters. The van der Waals surface area contributed by atoms with E-state index in [0.29, 0.717) is 5.56 Å². The van der Waals surface area contributed by atoms with Crippen LogP contribution in [0.4, 0.5) is 5.95 Å². The number of nitrogens with one attached hydrogen (secondary N) is 2. The van der Waals surface area contributed by atoms with E-state index in [-0.39, 0.29) is 42.0 Å². The molecule has 1 fully saturated rings. The lowest BCUT2D eigenvalue weighted by molar-refractivity contribution is -0.118. The second-order valence-corrected chi connectivity index (χ2v) is 7.74. The van der Waals surface area contributed by atoms with Crippen LogP contribution >= 0.6 is 0 Å². The van der Waals surface area contributed by atoms with E-state index in [9.17, 15) is 19.5 Å². The van der Waals surface area contributed by atoms with Crippen LogP contribution in [0.3, 0.4) is 0 Å². The van der Waals surface area contributed by atoms with Crippen molar-refractivity contribution in [3.8, 4) is 0 Å². The maximum atomic E-state index is 12.4. The summed E-state index contributed by atoms with van der Waals surface area (Å²) in [6.07, 6.45) is -0.544. The van der Waals surface area contributed by atoms with E-state index < -0.39 is 30.0 Å². The number of imidazole rings is 1. The number of aliphatic hydroxyl groups excluding tert-OH is 1. The van der Waals surface area contributed by atoms with Gasteiger partial charge in [-0.05, 0) is 12.1 Å². The van der Waals surface area contributed by atoms with Gasteiger partial charge in [-0.2, -0.15) is 4.98 Å². The van der Waals surface area contributed by atoms with Crippen LogP contribution < -0.4 is 10.9 Å². The summed E-state index contributed by atoms with van der Waals surface area (Å²) in [6, 6.07) is 8.51. The first-order chi connectivity index (χ1) is 15.4. The van der Waals surface area contributed by atoms with Gasteiger partial charge >= 0.3 is 5.97 Å². The largest absolute Gasteiger partial charge is 0.456 e. The molecule has 3 aromatic rings. The molecular weight excluding hydrogens is 418 g/mol. The van der Waals surface area contributed by atoms with Crippen molar-refractivity contribution in [1.29, 1.82) is 0 Å². The maximum absolute atomic E-state index is 12.4. The molecule has 3 N–H and O–H groups in total. The molecule has 168 valence electrons.